The van der Waals surface area contributed by atoms with Crippen LogP contribution in [0.25, 0.3) is 0 Å². The third kappa shape index (κ3) is 5.01. The molecular weight excluding hydrogens is 420 g/mol. The van der Waals surface area contributed by atoms with Gasteiger partial charge in [0.1, 0.15) is 0 Å². The molecule has 0 bridgehead atoms. The second-order valence-electron chi connectivity index (χ2n) is 6.81. The van der Waals surface area contributed by atoms with Crippen LogP contribution in [0.1, 0.15) is 21.6 Å². The number of Topliss-reactive ketones (excluding diaryl/α,β-unsaturated/α-hetero) is 1. The predicted molar refractivity (Wildman–Crippen MR) is 109 cm³/mol. The van der Waals surface area contributed by atoms with Crippen molar-refractivity contribution in [3.63, 3.8) is 0 Å². The van der Waals surface area contributed by atoms with E-state index in [4.69, 9.17) is 0 Å². The number of carbonyl (C=O) groups is 2. The van der Waals surface area contributed by atoms with E-state index in [1.54, 1.807) is 10.7 Å². The van der Waals surface area contributed by atoms with Crippen molar-refractivity contribution in [1.29, 1.82) is 0 Å². The number of carbonyl (C=O) groups excluding carboxylic acids is 2. The SMILES string of the molecule is Cc1ccc2c(c1)C(=O)C(=O)N2CCn1cc([C]2[CH][CH][CH][CH]2)nn1.[CH]1[CH][CH][CH][CH]1.[Fe+2]. The fraction of sp³-hybridized carbons (Fsp3) is 0.130. The van der Waals surface area contributed by atoms with Gasteiger partial charge in [-0.1, -0.05) is 16.8 Å². The Morgan fingerprint density at radius 2 is 1.57 bits per heavy atom. The van der Waals surface area contributed by atoms with Crippen molar-refractivity contribution in [3.8, 4) is 0 Å². The van der Waals surface area contributed by atoms with E-state index in [1.807, 2.05) is 83.0 Å². The van der Waals surface area contributed by atoms with Crippen LogP contribution in [0.3, 0.4) is 0 Å². The molecule has 30 heavy (non-hydrogen) atoms. The van der Waals surface area contributed by atoms with Crippen molar-refractivity contribution in [2.24, 2.45) is 0 Å². The van der Waals surface area contributed by atoms with E-state index in [-0.39, 0.29) is 17.1 Å². The number of aryl methyl sites for hydroxylation is 1. The molecule has 2 fully saturated rings. The number of ketones is 1. The molecule has 2 saturated carbocycles. The predicted octanol–water partition coefficient (Wildman–Crippen LogP) is 2.59. The number of benzene rings is 1. The molecule has 1 aromatic carbocycles. The first-order valence-corrected chi connectivity index (χ1v) is 9.39. The van der Waals surface area contributed by atoms with Crippen molar-refractivity contribution in [3.05, 3.63) is 105 Å². The van der Waals surface area contributed by atoms with Crippen LogP contribution in [0, 0.1) is 70.6 Å². The van der Waals surface area contributed by atoms with Crippen LogP contribution >= 0.6 is 0 Å². The van der Waals surface area contributed by atoms with Gasteiger partial charge in [-0.05, 0) is 76.8 Å². The molecule has 5 rings (SSSR count). The van der Waals surface area contributed by atoms with E-state index in [0.717, 1.165) is 17.2 Å². The molecule has 0 spiro atoms. The van der Waals surface area contributed by atoms with Crippen LogP contribution in [0.4, 0.5) is 5.69 Å². The number of aromatic nitrogens is 3. The molecule has 7 heteroatoms. The molecule has 10 radical (unpaired) electrons. The van der Waals surface area contributed by atoms with Crippen LogP contribution in [-0.4, -0.2) is 33.2 Å². The third-order valence-corrected chi connectivity index (χ3v) is 4.73. The van der Waals surface area contributed by atoms with Gasteiger partial charge in [-0.3, -0.25) is 14.3 Å². The third-order valence-electron chi connectivity index (χ3n) is 4.73. The normalized spacial score (nSPS) is 18.2. The summed E-state index contributed by atoms with van der Waals surface area (Å²) in [7, 11) is 0. The Hall–Kier alpha value is -1.98. The summed E-state index contributed by atoms with van der Waals surface area (Å²) < 4.78 is 1.69. The number of fused-ring (bicyclic) bond motifs is 1. The molecule has 1 aliphatic heterocycles. The fourth-order valence-electron chi connectivity index (χ4n) is 3.24. The molecule has 0 unspecified atom stereocenters. The van der Waals surface area contributed by atoms with E-state index in [9.17, 15) is 9.59 Å². The van der Waals surface area contributed by atoms with Crippen LogP contribution < -0.4 is 4.90 Å². The number of hydrogen-bond acceptors (Lipinski definition) is 4. The molecule has 2 aromatic rings. The topological polar surface area (TPSA) is 68.1 Å². The summed E-state index contributed by atoms with van der Waals surface area (Å²) in [6, 6.07) is 5.49. The van der Waals surface area contributed by atoms with Gasteiger partial charge in [-0.15, -0.1) is 5.10 Å². The first kappa shape index (κ1) is 22.7. The number of rotatable bonds is 4. The first-order chi connectivity index (χ1) is 14.1. The minimum atomic E-state index is -0.480. The summed E-state index contributed by atoms with van der Waals surface area (Å²) >= 11 is 0. The molecule has 150 valence electrons. The van der Waals surface area contributed by atoms with Crippen molar-refractivity contribution < 1.29 is 26.7 Å². The van der Waals surface area contributed by atoms with Crippen LogP contribution in [-0.2, 0) is 28.4 Å². The minimum Gasteiger partial charge on any atom is -0.303 e. The summed E-state index contributed by atoms with van der Waals surface area (Å²) in [5.74, 6) is 0.0891. The molecule has 1 amide bonds. The number of anilines is 1. The number of nitrogens with zero attached hydrogens (tertiary/aromatic N) is 4. The standard InChI is InChI=1S/C18H15N4O2.C5H5.Fe/c1-12-6-7-16-14(10-12)17(23)18(24)22(16)9-8-21-11-15(19-20-21)13-4-2-3-5-13;1-2-4-5-3-1;/h2-7,10-11H,8-9H2,1H3;1-5H;/q;;+2. The Bertz CT molecular complexity index is 877. The number of amides is 1. The summed E-state index contributed by atoms with van der Waals surface area (Å²) in [6.07, 6.45) is 19.7. The van der Waals surface area contributed by atoms with Crippen molar-refractivity contribution in [1.82, 2.24) is 15.0 Å². The Morgan fingerprint density at radius 3 is 2.23 bits per heavy atom. The maximum absolute atomic E-state index is 12.2. The molecule has 6 nitrogen and oxygen atoms in total. The summed E-state index contributed by atoms with van der Waals surface area (Å²) in [4.78, 5) is 25.8. The van der Waals surface area contributed by atoms with Crippen LogP contribution in [0.15, 0.2) is 24.4 Å². The molecule has 3 aliphatic rings. The van der Waals surface area contributed by atoms with E-state index >= 15 is 0 Å². The van der Waals surface area contributed by atoms with Gasteiger partial charge in [0.05, 0.1) is 23.5 Å². The Kier molecular flexibility index (Phi) is 7.84. The Balaban J connectivity index is 0.000000376. The average Bonchev–Trinajstić information content (AvgIpc) is 3.52. The van der Waals surface area contributed by atoms with Crippen molar-refractivity contribution in [2.75, 3.05) is 11.4 Å². The maximum atomic E-state index is 12.2. The quantitative estimate of drug-likeness (QED) is 0.542. The maximum Gasteiger partial charge on any atom is 2.00 e. The van der Waals surface area contributed by atoms with Gasteiger partial charge in [0.2, 0.25) is 0 Å². The largest absolute Gasteiger partial charge is 2.00 e. The Labute approximate surface area is 188 Å². The van der Waals surface area contributed by atoms with Crippen LogP contribution in [0.5, 0.6) is 0 Å². The molecule has 1 aromatic heterocycles. The zero-order chi connectivity index (χ0) is 20.2. The van der Waals surface area contributed by atoms with Gasteiger partial charge >= 0.3 is 17.1 Å². The van der Waals surface area contributed by atoms with Crippen molar-refractivity contribution in [2.45, 2.75) is 13.5 Å². The second kappa shape index (κ2) is 10.4. The number of hydrogen-bond donors (Lipinski definition) is 0. The molecular formula is C23H20FeN4O2+2. The zero-order valence-electron chi connectivity index (χ0n) is 16.4. The summed E-state index contributed by atoms with van der Waals surface area (Å²) in [5.41, 5.74) is 2.91. The fourth-order valence-corrected chi connectivity index (χ4v) is 3.24. The molecule has 2 aliphatic carbocycles. The monoisotopic (exact) mass is 440 g/mol. The van der Waals surface area contributed by atoms with Crippen molar-refractivity contribution >= 4 is 17.4 Å². The van der Waals surface area contributed by atoms with Gasteiger partial charge in [-0.2, -0.15) is 0 Å². The second-order valence-corrected chi connectivity index (χ2v) is 6.81. The van der Waals surface area contributed by atoms with Gasteiger partial charge < -0.3 is 4.90 Å². The van der Waals surface area contributed by atoms with E-state index < -0.39 is 11.7 Å². The van der Waals surface area contributed by atoms with Gasteiger partial charge in [-0.25, -0.2) is 0 Å². The Morgan fingerprint density at radius 1 is 0.900 bits per heavy atom. The molecule has 0 atom stereocenters. The molecule has 0 N–H and O–H groups in total. The van der Waals surface area contributed by atoms with Gasteiger partial charge in [0.25, 0.3) is 11.7 Å². The zero-order valence-corrected chi connectivity index (χ0v) is 17.5. The first-order valence-electron chi connectivity index (χ1n) is 9.39. The molecule has 2 heterocycles. The summed E-state index contributed by atoms with van der Waals surface area (Å²) in [5, 5.41) is 8.23. The van der Waals surface area contributed by atoms with Crippen LogP contribution in [0.2, 0.25) is 0 Å². The van der Waals surface area contributed by atoms with Gasteiger partial charge in [0.15, 0.2) is 0 Å². The summed E-state index contributed by atoms with van der Waals surface area (Å²) in [6.45, 7) is 2.76. The average molecular weight is 440 g/mol. The molecule has 0 saturated heterocycles. The minimum absolute atomic E-state index is 0. The van der Waals surface area contributed by atoms with E-state index in [2.05, 4.69) is 10.3 Å². The van der Waals surface area contributed by atoms with E-state index in [0.29, 0.717) is 24.3 Å². The van der Waals surface area contributed by atoms with E-state index in [1.165, 1.54) is 4.90 Å². The van der Waals surface area contributed by atoms with Gasteiger partial charge in [0, 0.05) is 18.7 Å². The smallest absolute Gasteiger partial charge is 0.303 e.